The van der Waals surface area contributed by atoms with E-state index in [2.05, 4.69) is 6.92 Å². The molecule has 2 atom stereocenters. The number of unbranched alkanes of at least 4 members (excludes halogenated alkanes) is 4. The van der Waals surface area contributed by atoms with E-state index < -0.39 is 16.7 Å². The van der Waals surface area contributed by atoms with Gasteiger partial charge in [0.2, 0.25) is 0 Å². The third-order valence-corrected chi connectivity index (χ3v) is 3.23. The molecule has 0 saturated heterocycles. The molecule has 0 rings (SSSR count). The minimum atomic E-state index is -1.03. The Morgan fingerprint density at radius 3 is 2.29 bits per heavy atom. The van der Waals surface area contributed by atoms with Gasteiger partial charge in [0, 0.05) is 0 Å². The quantitative estimate of drug-likeness (QED) is 0.520. The third kappa shape index (κ3) is 6.50. The summed E-state index contributed by atoms with van der Waals surface area (Å²) in [5.74, 6) is -1.03. The zero-order valence-corrected chi connectivity index (χ0v) is 10.0. The molecule has 0 spiro atoms. The Labute approximate surface area is 95.6 Å². The minimum Gasteiger partial charge on any atom is -0.480 e. The van der Waals surface area contributed by atoms with E-state index in [9.17, 15) is 4.79 Å². The molecular formula is C10H18Cl2O2. The van der Waals surface area contributed by atoms with Crippen molar-refractivity contribution in [1.29, 1.82) is 0 Å². The Morgan fingerprint density at radius 1 is 1.21 bits per heavy atom. The van der Waals surface area contributed by atoms with Crippen molar-refractivity contribution in [3.63, 3.8) is 0 Å². The van der Waals surface area contributed by atoms with Crippen LogP contribution < -0.4 is 0 Å². The molecule has 2 unspecified atom stereocenters. The maximum Gasteiger partial charge on any atom is 0.323 e. The van der Waals surface area contributed by atoms with Crippen molar-refractivity contribution in [3.8, 4) is 0 Å². The highest BCUT2D eigenvalue weighted by molar-refractivity contribution is 6.36. The highest BCUT2D eigenvalue weighted by Crippen LogP contribution is 2.18. The molecule has 0 aromatic rings. The molecule has 4 heteroatoms. The van der Waals surface area contributed by atoms with Crippen LogP contribution in [0.1, 0.15) is 45.4 Å². The maximum atomic E-state index is 10.5. The van der Waals surface area contributed by atoms with Gasteiger partial charge in [0.1, 0.15) is 5.38 Å². The van der Waals surface area contributed by atoms with E-state index >= 15 is 0 Å². The Morgan fingerprint density at radius 2 is 1.79 bits per heavy atom. The van der Waals surface area contributed by atoms with Crippen LogP contribution in [0.25, 0.3) is 0 Å². The predicted octanol–water partition coefficient (Wildman–Crippen LogP) is 3.65. The lowest BCUT2D eigenvalue weighted by molar-refractivity contribution is -0.136. The number of hydrogen-bond acceptors (Lipinski definition) is 1. The first-order valence-electron chi connectivity index (χ1n) is 5.10. The molecule has 14 heavy (non-hydrogen) atoms. The van der Waals surface area contributed by atoms with Crippen LogP contribution in [0.15, 0.2) is 0 Å². The van der Waals surface area contributed by atoms with Crippen LogP contribution in [-0.2, 0) is 4.79 Å². The second-order valence-corrected chi connectivity index (χ2v) is 4.49. The van der Waals surface area contributed by atoms with Crippen molar-refractivity contribution >= 4 is 29.2 Å². The molecule has 0 amide bonds. The third-order valence-electron chi connectivity index (χ3n) is 2.14. The van der Waals surface area contributed by atoms with Crippen molar-refractivity contribution in [2.75, 3.05) is 0 Å². The zero-order chi connectivity index (χ0) is 11.0. The zero-order valence-electron chi connectivity index (χ0n) is 8.51. The number of carboxylic acid groups (broad SMARTS) is 1. The first kappa shape index (κ1) is 14.1. The fourth-order valence-electron chi connectivity index (χ4n) is 1.24. The van der Waals surface area contributed by atoms with Gasteiger partial charge in [0.15, 0.2) is 0 Å². The molecular weight excluding hydrogens is 223 g/mol. The van der Waals surface area contributed by atoms with Gasteiger partial charge in [0.25, 0.3) is 0 Å². The van der Waals surface area contributed by atoms with Crippen LogP contribution in [0, 0.1) is 0 Å². The smallest absolute Gasteiger partial charge is 0.323 e. The average Bonchev–Trinajstić information content (AvgIpc) is 2.16. The summed E-state index contributed by atoms with van der Waals surface area (Å²) in [4.78, 5) is 10.5. The van der Waals surface area contributed by atoms with E-state index in [-0.39, 0.29) is 0 Å². The van der Waals surface area contributed by atoms with Gasteiger partial charge in [-0.1, -0.05) is 39.0 Å². The molecule has 0 aliphatic heterocycles. The largest absolute Gasteiger partial charge is 0.480 e. The first-order valence-corrected chi connectivity index (χ1v) is 5.97. The van der Waals surface area contributed by atoms with Gasteiger partial charge in [-0.05, 0) is 6.42 Å². The van der Waals surface area contributed by atoms with Crippen LogP contribution in [0.5, 0.6) is 0 Å². The van der Waals surface area contributed by atoms with Crippen molar-refractivity contribution in [2.45, 2.75) is 56.2 Å². The molecule has 0 aromatic heterocycles. The predicted molar refractivity (Wildman–Crippen MR) is 60.3 cm³/mol. The highest BCUT2D eigenvalue weighted by atomic mass is 35.5. The molecule has 0 fully saturated rings. The van der Waals surface area contributed by atoms with Crippen molar-refractivity contribution in [2.24, 2.45) is 0 Å². The fourth-order valence-corrected chi connectivity index (χ4v) is 1.63. The standard InChI is InChI=1S/C10H18Cl2O2/c1-2-3-4-5-6-7-8(11)9(12)10(13)14/h8-9H,2-7H2,1H3,(H,13,14). The summed E-state index contributed by atoms with van der Waals surface area (Å²) in [5, 5.41) is 7.17. The van der Waals surface area contributed by atoms with Gasteiger partial charge in [-0.3, -0.25) is 4.79 Å². The van der Waals surface area contributed by atoms with Crippen LogP contribution >= 0.6 is 23.2 Å². The van der Waals surface area contributed by atoms with E-state index in [0.29, 0.717) is 6.42 Å². The van der Waals surface area contributed by atoms with Crippen LogP contribution in [0.2, 0.25) is 0 Å². The Kier molecular flexibility index (Phi) is 8.40. The molecule has 0 saturated carbocycles. The van der Waals surface area contributed by atoms with Gasteiger partial charge >= 0.3 is 5.97 Å². The van der Waals surface area contributed by atoms with Crippen LogP contribution in [0.4, 0.5) is 0 Å². The Bertz CT molecular complexity index is 162. The topological polar surface area (TPSA) is 37.3 Å². The van der Waals surface area contributed by atoms with Crippen molar-refractivity contribution in [1.82, 2.24) is 0 Å². The lowest BCUT2D eigenvalue weighted by atomic mass is 10.1. The molecule has 2 nitrogen and oxygen atoms in total. The average molecular weight is 241 g/mol. The Balaban J connectivity index is 3.43. The molecule has 0 heterocycles. The molecule has 0 aliphatic carbocycles. The highest BCUT2D eigenvalue weighted by Gasteiger charge is 2.22. The van der Waals surface area contributed by atoms with Crippen molar-refractivity contribution < 1.29 is 9.90 Å². The summed E-state index contributed by atoms with van der Waals surface area (Å²) in [5.41, 5.74) is 0. The second-order valence-electron chi connectivity index (χ2n) is 3.46. The number of halogens is 2. The van der Waals surface area contributed by atoms with Gasteiger partial charge in [-0.2, -0.15) is 0 Å². The molecule has 84 valence electrons. The summed E-state index contributed by atoms with van der Waals surface area (Å²) in [6.45, 7) is 2.16. The normalized spacial score (nSPS) is 15.1. The van der Waals surface area contributed by atoms with E-state index in [1.807, 2.05) is 0 Å². The second kappa shape index (κ2) is 8.37. The number of hydrogen-bond donors (Lipinski definition) is 1. The van der Waals surface area contributed by atoms with Gasteiger partial charge in [0.05, 0.1) is 5.38 Å². The minimum absolute atomic E-state index is 0.448. The summed E-state index contributed by atoms with van der Waals surface area (Å²) >= 11 is 11.4. The lowest BCUT2D eigenvalue weighted by Crippen LogP contribution is -2.24. The summed E-state index contributed by atoms with van der Waals surface area (Å²) in [6.07, 6.45) is 6.39. The molecule has 1 N–H and O–H groups in total. The van der Waals surface area contributed by atoms with Crippen LogP contribution in [-0.4, -0.2) is 21.8 Å². The summed E-state index contributed by atoms with van der Waals surface area (Å²) < 4.78 is 0. The number of rotatable bonds is 8. The molecule has 0 aliphatic rings. The van der Waals surface area contributed by atoms with Gasteiger partial charge in [-0.15, -0.1) is 23.2 Å². The molecule has 0 radical (unpaired) electrons. The monoisotopic (exact) mass is 240 g/mol. The van der Waals surface area contributed by atoms with Gasteiger partial charge < -0.3 is 5.11 Å². The molecule has 0 aromatic carbocycles. The van der Waals surface area contributed by atoms with E-state index in [1.54, 1.807) is 0 Å². The van der Waals surface area contributed by atoms with Crippen molar-refractivity contribution in [3.05, 3.63) is 0 Å². The van der Waals surface area contributed by atoms with E-state index in [1.165, 1.54) is 19.3 Å². The maximum absolute atomic E-state index is 10.5. The van der Waals surface area contributed by atoms with E-state index in [0.717, 1.165) is 12.8 Å². The SMILES string of the molecule is CCCCCCCC(Cl)C(Cl)C(=O)O. The number of alkyl halides is 2. The Hall–Kier alpha value is 0.0500. The fraction of sp³-hybridized carbons (Fsp3) is 0.900. The molecule has 0 bridgehead atoms. The first-order chi connectivity index (χ1) is 6.59. The number of carbonyl (C=O) groups is 1. The lowest BCUT2D eigenvalue weighted by Gasteiger charge is -2.11. The van der Waals surface area contributed by atoms with Crippen LogP contribution in [0.3, 0.4) is 0 Å². The summed E-state index contributed by atoms with van der Waals surface area (Å²) in [6, 6.07) is 0. The summed E-state index contributed by atoms with van der Waals surface area (Å²) in [7, 11) is 0. The van der Waals surface area contributed by atoms with Gasteiger partial charge in [-0.25, -0.2) is 0 Å². The number of carboxylic acids is 1. The van der Waals surface area contributed by atoms with E-state index in [4.69, 9.17) is 28.3 Å². The number of aliphatic carboxylic acids is 1.